The van der Waals surface area contributed by atoms with E-state index >= 15 is 0 Å². The highest BCUT2D eigenvalue weighted by Gasteiger charge is 2.29. The molecular weight excluding hydrogens is 392 g/mol. The fourth-order valence-corrected chi connectivity index (χ4v) is 3.58. The molecule has 1 atom stereocenters. The lowest BCUT2D eigenvalue weighted by Crippen LogP contribution is -2.26. The third-order valence-electron chi connectivity index (χ3n) is 5.02. The van der Waals surface area contributed by atoms with Crippen LogP contribution >= 0.6 is 0 Å². The zero-order valence-electron chi connectivity index (χ0n) is 16.0. The van der Waals surface area contributed by atoms with Crippen molar-refractivity contribution in [2.45, 2.75) is 25.5 Å². The maximum absolute atomic E-state index is 13.7. The van der Waals surface area contributed by atoms with E-state index in [2.05, 4.69) is 9.97 Å². The van der Waals surface area contributed by atoms with Crippen LogP contribution in [0.25, 0.3) is 0 Å². The van der Waals surface area contributed by atoms with Crippen LogP contribution in [0.5, 0.6) is 5.75 Å². The molecule has 6 nitrogen and oxygen atoms in total. The van der Waals surface area contributed by atoms with Gasteiger partial charge in [-0.15, -0.1) is 0 Å². The van der Waals surface area contributed by atoms with E-state index in [0.717, 1.165) is 18.4 Å². The van der Waals surface area contributed by atoms with E-state index in [1.807, 2.05) is 11.0 Å². The minimum absolute atomic E-state index is 0.0673. The molecule has 1 saturated heterocycles. The Balaban J connectivity index is 1.61. The van der Waals surface area contributed by atoms with Crippen molar-refractivity contribution in [3.63, 3.8) is 0 Å². The number of aromatic nitrogens is 2. The normalized spacial score (nSPS) is 15.9. The first kappa shape index (κ1) is 19.8. The number of hydrogen-bond donors (Lipinski definition) is 1. The van der Waals surface area contributed by atoms with Crippen LogP contribution in [-0.4, -0.2) is 27.6 Å². The van der Waals surface area contributed by atoms with Crippen molar-refractivity contribution in [1.29, 1.82) is 0 Å². The molecule has 0 radical (unpaired) electrons. The van der Waals surface area contributed by atoms with Crippen LogP contribution in [0.1, 0.15) is 40.5 Å². The lowest BCUT2D eigenvalue weighted by molar-refractivity contribution is 0.0692. The van der Waals surface area contributed by atoms with E-state index in [1.54, 1.807) is 6.07 Å². The Morgan fingerprint density at radius 3 is 2.70 bits per heavy atom. The summed E-state index contributed by atoms with van der Waals surface area (Å²) in [4.78, 5) is 22.2. The highest BCUT2D eigenvalue weighted by Crippen LogP contribution is 2.35. The summed E-state index contributed by atoms with van der Waals surface area (Å²) in [5, 5.41) is 9.48. The van der Waals surface area contributed by atoms with Gasteiger partial charge in [-0.05, 0) is 54.8 Å². The van der Waals surface area contributed by atoms with Crippen molar-refractivity contribution in [3.8, 4) is 5.75 Å². The zero-order chi connectivity index (χ0) is 21.1. The molecule has 3 aromatic rings. The van der Waals surface area contributed by atoms with Gasteiger partial charge in [0.25, 0.3) is 0 Å². The number of hydrogen-bond acceptors (Lipinski definition) is 5. The van der Waals surface area contributed by atoms with E-state index in [9.17, 15) is 18.7 Å². The smallest absolute Gasteiger partial charge is 0.339 e. The summed E-state index contributed by atoms with van der Waals surface area (Å²) in [6.45, 7) is 0.563. The molecule has 0 aliphatic carbocycles. The molecule has 1 N–H and O–H groups in total. The van der Waals surface area contributed by atoms with Gasteiger partial charge in [0.1, 0.15) is 29.6 Å². The Morgan fingerprint density at radius 2 is 1.97 bits per heavy atom. The van der Waals surface area contributed by atoms with Crippen LogP contribution in [0.2, 0.25) is 0 Å². The highest BCUT2D eigenvalue weighted by molar-refractivity contribution is 5.88. The van der Waals surface area contributed by atoms with E-state index in [1.165, 1.54) is 42.6 Å². The number of anilines is 1. The second kappa shape index (κ2) is 8.44. The summed E-state index contributed by atoms with van der Waals surface area (Å²) >= 11 is 0. The number of nitrogens with zero attached hydrogens (tertiary/aromatic N) is 3. The van der Waals surface area contributed by atoms with Crippen LogP contribution in [0.3, 0.4) is 0 Å². The maximum Gasteiger partial charge on any atom is 0.339 e. The number of carboxylic acids is 1. The van der Waals surface area contributed by atoms with Gasteiger partial charge in [0.05, 0.1) is 11.7 Å². The molecule has 1 unspecified atom stereocenters. The summed E-state index contributed by atoms with van der Waals surface area (Å²) in [6, 6.07) is 11.7. The largest absolute Gasteiger partial charge is 0.487 e. The molecule has 30 heavy (non-hydrogen) atoms. The first-order valence-corrected chi connectivity index (χ1v) is 9.51. The van der Waals surface area contributed by atoms with Gasteiger partial charge >= 0.3 is 5.97 Å². The number of carbonyl (C=O) groups is 1. The number of aromatic carboxylic acids is 1. The average molecular weight is 411 g/mol. The number of halogens is 2. The third-order valence-corrected chi connectivity index (χ3v) is 5.02. The van der Waals surface area contributed by atoms with E-state index in [0.29, 0.717) is 18.2 Å². The lowest BCUT2D eigenvalue weighted by atomic mass is 10.0. The predicted molar refractivity (Wildman–Crippen MR) is 105 cm³/mol. The standard InChI is InChI=1S/C22H19F2N3O3/c23-15-6-8-17(9-7-15)30-13-19-18(21(28)29)12-25-22(26-19)27-10-2-5-20(27)14-3-1-4-16(24)11-14/h1,3-4,6-9,11-12,20H,2,5,10,13H2,(H,28,29). The Morgan fingerprint density at radius 1 is 1.17 bits per heavy atom. The Labute approximate surface area is 171 Å². The SMILES string of the molecule is O=C(O)c1cnc(N2CCCC2c2cccc(F)c2)nc1COc1ccc(F)cc1. The number of carboxylic acid groups (broad SMARTS) is 1. The molecule has 1 fully saturated rings. The molecule has 2 heterocycles. The van der Waals surface area contributed by atoms with E-state index < -0.39 is 11.8 Å². The van der Waals surface area contributed by atoms with Crippen LogP contribution in [0.4, 0.5) is 14.7 Å². The van der Waals surface area contributed by atoms with E-state index in [-0.39, 0.29) is 29.7 Å². The minimum Gasteiger partial charge on any atom is -0.487 e. The van der Waals surface area contributed by atoms with Gasteiger partial charge in [-0.2, -0.15) is 0 Å². The topological polar surface area (TPSA) is 75.5 Å². The molecule has 0 spiro atoms. The molecule has 8 heteroatoms. The van der Waals surface area contributed by atoms with Gasteiger partial charge in [-0.1, -0.05) is 12.1 Å². The molecule has 4 rings (SSSR count). The highest BCUT2D eigenvalue weighted by atomic mass is 19.1. The van der Waals surface area contributed by atoms with Crippen molar-refractivity contribution < 1.29 is 23.4 Å². The first-order chi connectivity index (χ1) is 14.5. The summed E-state index contributed by atoms with van der Waals surface area (Å²) < 4.78 is 32.3. The van der Waals surface area contributed by atoms with Gasteiger partial charge < -0.3 is 14.7 Å². The first-order valence-electron chi connectivity index (χ1n) is 9.51. The molecule has 1 aliphatic rings. The fraction of sp³-hybridized carbons (Fsp3) is 0.227. The van der Waals surface area contributed by atoms with Gasteiger partial charge in [0.15, 0.2) is 0 Å². The number of ether oxygens (including phenoxy) is 1. The summed E-state index contributed by atoms with van der Waals surface area (Å²) in [6.07, 6.45) is 2.95. The number of benzene rings is 2. The monoisotopic (exact) mass is 411 g/mol. The molecular formula is C22H19F2N3O3. The van der Waals surface area contributed by atoms with Gasteiger partial charge in [-0.25, -0.2) is 23.5 Å². The van der Waals surface area contributed by atoms with Crippen LogP contribution < -0.4 is 9.64 Å². The number of rotatable bonds is 6. The fourth-order valence-electron chi connectivity index (χ4n) is 3.58. The van der Waals surface area contributed by atoms with Crippen molar-refractivity contribution >= 4 is 11.9 Å². The second-order valence-electron chi connectivity index (χ2n) is 6.98. The lowest BCUT2D eigenvalue weighted by Gasteiger charge is -2.25. The second-order valence-corrected chi connectivity index (χ2v) is 6.98. The minimum atomic E-state index is -1.16. The van der Waals surface area contributed by atoms with Gasteiger partial charge in [0.2, 0.25) is 5.95 Å². The van der Waals surface area contributed by atoms with Crippen molar-refractivity contribution in [1.82, 2.24) is 9.97 Å². The Bertz CT molecular complexity index is 1060. The predicted octanol–water partition coefficient (Wildman–Crippen LogP) is 4.37. The molecule has 0 saturated carbocycles. The maximum atomic E-state index is 13.7. The summed E-state index contributed by atoms with van der Waals surface area (Å²) in [5.41, 5.74) is 0.964. The molecule has 0 amide bonds. The molecule has 0 bridgehead atoms. The molecule has 1 aromatic heterocycles. The van der Waals surface area contributed by atoms with Gasteiger partial charge in [-0.3, -0.25) is 0 Å². The third kappa shape index (κ3) is 4.22. The molecule has 2 aromatic carbocycles. The quantitative estimate of drug-likeness (QED) is 0.649. The summed E-state index contributed by atoms with van der Waals surface area (Å²) in [5.74, 6) is -1.11. The van der Waals surface area contributed by atoms with Crippen molar-refractivity contribution in [2.75, 3.05) is 11.4 Å². The Kier molecular flexibility index (Phi) is 5.56. The average Bonchev–Trinajstić information content (AvgIpc) is 3.23. The Hall–Kier alpha value is -3.55. The molecule has 154 valence electrons. The molecule has 1 aliphatic heterocycles. The van der Waals surface area contributed by atoms with E-state index in [4.69, 9.17) is 4.74 Å². The van der Waals surface area contributed by atoms with Crippen LogP contribution in [0, 0.1) is 11.6 Å². The van der Waals surface area contributed by atoms with Crippen molar-refractivity contribution in [3.05, 3.63) is 83.2 Å². The van der Waals surface area contributed by atoms with Crippen LogP contribution in [-0.2, 0) is 6.61 Å². The van der Waals surface area contributed by atoms with Gasteiger partial charge in [0, 0.05) is 12.7 Å². The van der Waals surface area contributed by atoms with Crippen molar-refractivity contribution in [2.24, 2.45) is 0 Å². The van der Waals surface area contributed by atoms with Crippen LogP contribution in [0.15, 0.2) is 54.7 Å². The summed E-state index contributed by atoms with van der Waals surface area (Å²) in [7, 11) is 0. The zero-order valence-corrected chi connectivity index (χ0v) is 16.0.